The molecular formula is C16H20N2O2S. The third kappa shape index (κ3) is 3.91. The first kappa shape index (κ1) is 15.7. The van der Waals surface area contributed by atoms with E-state index in [0.29, 0.717) is 17.0 Å². The van der Waals surface area contributed by atoms with Crippen LogP contribution in [0, 0.1) is 13.8 Å². The molecule has 2 aromatic carbocycles. The lowest BCUT2D eigenvalue weighted by Gasteiger charge is -2.10. The largest absolute Gasteiger partial charge is 0.326 e. The number of nitrogens with two attached hydrogens (primary N) is 1. The predicted octanol–water partition coefficient (Wildman–Crippen LogP) is 2.24. The van der Waals surface area contributed by atoms with E-state index in [1.54, 1.807) is 25.1 Å². The molecule has 0 saturated carbocycles. The molecule has 0 amide bonds. The van der Waals surface area contributed by atoms with Gasteiger partial charge in [0.05, 0.1) is 4.90 Å². The van der Waals surface area contributed by atoms with E-state index in [2.05, 4.69) is 4.72 Å². The van der Waals surface area contributed by atoms with Crippen LogP contribution in [0.4, 0.5) is 0 Å². The van der Waals surface area contributed by atoms with E-state index >= 15 is 0 Å². The number of hydrogen-bond acceptors (Lipinski definition) is 3. The van der Waals surface area contributed by atoms with Gasteiger partial charge in [0.15, 0.2) is 0 Å². The molecular weight excluding hydrogens is 284 g/mol. The molecule has 4 nitrogen and oxygen atoms in total. The molecule has 0 saturated heterocycles. The summed E-state index contributed by atoms with van der Waals surface area (Å²) >= 11 is 0. The van der Waals surface area contributed by atoms with E-state index in [4.69, 9.17) is 5.73 Å². The van der Waals surface area contributed by atoms with Crippen molar-refractivity contribution in [3.8, 4) is 0 Å². The Hall–Kier alpha value is -1.69. The van der Waals surface area contributed by atoms with E-state index in [-0.39, 0.29) is 6.54 Å². The van der Waals surface area contributed by atoms with Gasteiger partial charge in [-0.1, -0.05) is 42.0 Å². The van der Waals surface area contributed by atoms with Gasteiger partial charge in [-0.25, -0.2) is 13.1 Å². The molecule has 3 N–H and O–H groups in total. The Labute approximate surface area is 126 Å². The van der Waals surface area contributed by atoms with Gasteiger partial charge in [-0.2, -0.15) is 0 Å². The van der Waals surface area contributed by atoms with Gasteiger partial charge in [0.25, 0.3) is 0 Å². The molecule has 0 aliphatic rings. The molecule has 112 valence electrons. The minimum atomic E-state index is -3.52. The molecule has 0 bridgehead atoms. The van der Waals surface area contributed by atoms with Gasteiger partial charge in [0.2, 0.25) is 10.0 Å². The molecule has 0 aromatic heterocycles. The third-order valence-corrected chi connectivity index (χ3v) is 4.91. The Bertz CT molecular complexity index is 722. The molecule has 0 heterocycles. The van der Waals surface area contributed by atoms with Gasteiger partial charge >= 0.3 is 0 Å². The smallest absolute Gasteiger partial charge is 0.241 e. The first-order valence-electron chi connectivity index (χ1n) is 6.77. The maximum Gasteiger partial charge on any atom is 0.241 e. The van der Waals surface area contributed by atoms with Crippen molar-refractivity contribution in [3.05, 3.63) is 64.7 Å². The number of nitrogens with one attached hydrogen (secondary N) is 1. The fourth-order valence-corrected chi connectivity index (χ4v) is 3.34. The minimum absolute atomic E-state index is 0.278. The standard InChI is InChI=1S/C16H20N2O2S/c1-12-3-5-14(6-4-12)11-18-21(19,20)16-8-7-15(10-17)9-13(16)2/h3-9,18H,10-11,17H2,1-2H3. The van der Waals surface area contributed by atoms with E-state index in [1.807, 2.05) is 31.2 Å². The van der Waals surface area contributed by atoms with Crippen molar-refractivity contribution < 1.29 is 8.42 Å². The first-order chi connectivity index (χ1) is 9.92. The highest BCUT2D eigenvalue weighted by molar-refractivity contribution is 7.89. The Balaban J connectivity index is 2.16. The summed E-state index contributed by atoms with van der Waals surface area (Å²) in [5.74, 6) is 0. The van der Waals surface area contributed by atoms with Crippen molar-refractivity contribution in [2.45, 2.75) is 31.8 Å². The van der Waals surface area contributed by atoms with E-state index in [1.165, 1.54) is 0 Å². The zero-order chi connectivity index (χ0) is 15.5. The van der Waals surface area contributed by atoms with Crippen LogP contribution in [-0.2, 0) is 23.1 Å². The molecule has 2 rings (SSSR count). The van der Waals surface area contributed by atoms with Crippen molar-refractivity contribution in [1.29, 1.82) is 0 Å². The second-order valence-corrected chi connectivity index (χ2v) is 6.85. The molecule has 0 atom stereocenters. The van der Waals surface area contributed by atoms with Gasteiger partial charge in [0, 0.05) is 13.1 Å². The Morgan fingerprint density at radius 2 is 1.62 bits per heavy atom. The second kappa shape index (κ2) is 6.39. The monoisotopic (exact) mass is 304 g/mol. The molecule has 0 aliphatic carbocycles. The van der Waals surface area contributed by atoms with Crippen LogP contribution in [0.3, 0.4) is 0 Å². The lowest BCUT2D eigenvalue weighted by Crippen LogP contribution is -2.24. The number of hydrogen-bond donors (Lipinski definition) is 2. The molecule has 0 fully saturated rings. The molecule has 0 radical (unpaired) electrons. The number of rotatable bonds is 5. The normalized spacial score (nSPS) is 11.6. The van der Waals surface area contributed by atoms with Crippen molar-refractivity contribution >= 4 is 10.0 Å². The Morgan fingerprint density at radius 3 is 2.19 bits per heavy atom. The van der Waals surface area contributed by atoms with Crippen LogP contribution in [0.25, 0.3) is 0 Å². The van der Waals surface area contributed by atoms with E-state index in [0.717, 1.165) is 16.7 Å². The van der Waals surface area contributed by atoms with Crippen molar-refractivity contribution in [2.75, 3.05) is 0 Å². The highest BCUT2D eigenvalue weighted by Crippen LogP contribution is 2.17. The zero-order valence-electron chi connectivity index (χ0n) is 12.3. The Morgan fingerprint density at radius 1 is 1.00 bits per heavy atom. The van der Waals surface area contributed by atoms with Crippen LogP contribution in [0.15, 0.2) is 47.4 Å². The quantitative estimate of drug-likeness (QED) is 0.890. The average molecular weight is 304 g/mol. The molecule has 21 heavy (non-hydrogen) atoms. The fraction of sp³-hybridized carbons (Fsp3) is 0.250. The summed E-state index contributed by atoms with van der Waals surface area (Å²) in [4.78, 5) is 0.298. The van der Waals surface area contributed by atoms with Gasteiger partial charge in [-0.05, 0) is 36.6 Å². The fourth-order valence-electron chi connectivity index (χ4n) is 2.10. The van der Waals surface area contributed by atoms with Crippen LogP contribution in [0.1, 0.15) is 22.3 Å². The van der Waals surface area contributed by atoms with Crippen LogP contribution < -0.4 is 10.5 Å². The first-order valence-corrected chi connectivity index (χ1v) is 8.25. The van der Waals surface area contributed by atoms with E-state index < -0.39 is 10.0 Å². The van der Waals surface area contributed by atoms with E-state index in [9.17, 15) is 8.42 Å². The van der Waals surface area contributed by atoms with Crippen LogP contribution in [-0.4, -0.2) is 8.42 Å². The summed E-state index contributed by atoms with van der Waals surface area (Å²) in [6, 6.07) is 12.9. The predicted molar refractivity (Wildman–Crippen MR) is 84.3 cm³/mol. The maximum absolute atomic E-state index is 12.4. The van der Waals surface area contributed by atoms with Crippen LogP contribution in [0.2, 0.25) is 0 Å². The van der Waals surface area contributed by atoms with Crippen molar-refractivity contribution in [1.82, 2.24) is 4.72 Å². The number of aryl methyl sites for hydroxylation is 2. The van der Waals surface area contributed by atoms with Gasteiger partial charge in [-0.3, -0.25) is 0 Å². The minimum Gasteiger partial charge on any atom is -0.326 e. The van der Waals surface area contributed by atoms with Gasteiger partial charge in [-0.15, -0.1) is 0 Å². The van der Waals surface area contributed by atoms with Crippen LogP contribution >= 0.6 is 0 Å². The molecule has 2 aromatic rings. The molecule has 0 aliphatic heterocycles. The molecule has 5 heteroatoms. The lowest BCUT2D eigenvalue weighted by atomic mass is 10.1. The lowest BCUT2D eigenvalue weighted by molar-refractivity contribution is 0.580. The Kier molecular flexibility index (Phi) is 4.77. The highest BCUT2D eigenvalue weighted by atomic mass is 32.2. The summed E-state index contributed by atoms with van der Waals surface area (Å²) in [6.45, 7) is 4.45. The highest BCUT2D eigenvalue weighted by Gasteiger charge is 2.16. The van der Waals surface area contributed by atoms with Crippen molar-refractivity contribution in [3.63, 3.8) is 0 Å². The summed E-state index contributed by atoms with van der Waals surface area (Å²) in [5.41, 5.74) is 9.26. The van der Waals surface area contributed by atoms with Gasteiger partial charge < -0.3 is 5.73 Å². The molecule has 0 spiro atoms. The summed E-state index contributed by atoms with van der Waals surface area (Å²) in [5, 5.41) is 0. The molecule has 0 unspecified atom stereocenters. The third-order valence-electron chi connectivity index (χ3n) is 3.35. The van der Waals surface area contributed by atoms with Gasteiger partial charge in [0.1, 0.15) is 0 Å². The summed E-state index contributed by atoms with van der Waals surface area (Å²) < 4.78 is 27.3. The number of benzene rings is 2. The average Bonchev–Trinajstić information content (AvgIpc) is 2.46. The topological polar surface area (TPSA) is 72.2 Å². The maximum atomic E-state index is 12.4. The van der Waals surface area contributed by atoms with Crippen molar-refractivity contribution in [2.24, 2.45) is 5.73 Å². The number of sulfonamides is 1. The second-order valence-electron chi connectivity index (χ2n) is 5.11. The van der Waals surface area contributed by atoms with Crippen LogP contribution in [0.5, 0.6) is 0 Å². The SMILES string of the molecule is Cc1ccc(CNS(=O)(=O)c2ccc(CN)cc2C)cc1. The summed E-state index contributed by atoms with van der Waals surface area (Å²) in [6.07, 6.45) is 0. The zero-order valence-corrected chi connectivity index (χ0v) is 13.1. The summed E-state index contributed by atoms with van der Waals surface area (Å²) in [7, 11) is -3.52.